The third-order valence-corrected chi connectivity index (χ3v) is 4.55. The number of carbonyl (C=O) groups is 1. The van der Waals surface area contributed by atoms with Crippen molar-refractivity contribution in [2.24, 2.45) is 0 Å². The highest BCUT2D eigenvalue weighted by atomic mass is 79.9. The van der Waals surface area contributed by atoms with Gasteiger partial charge in [-0.3, -0.25) is 14.9 Å². The number of hydrogen-bond acceptors (Lipinski definition) is 4. The first-order valence-corrected chi connectivity index (χ1v) is 8.77. The van der Waals surface area contributed by atoms with Gasteiger partial charge in [-0.1, -0.05) is 19.9 Å². The van der Waals surface area contributed by atoms with E-state index in [2.05, 4.69) is 35.1 Å². The molecule has 138 valence electrons. The van der Waals surface area contributed by atoms with Crippen molar-refractivity contribution in [1.82, 2.24) is 0 Å². The lowest BCUT2D eigenvalue weighted by Crippen LogP contribution is -2.21. The van der Waals surface area contributed by atoms with Crippen molar-refractivity contribution in [2.45, 2.75) is 26.2 Å². The van der Waals surface area contributed by atoms with E-state index >= 15 is 0 Å². The summed E-state index contributed by atoms with van der Waals surface area (Å²) in [6.07, 6.45) is 1.00. The second-order valence-corrected chi connectivity index (χ2v) is 6.61. The Bertz CT molecular complexity index is 829. The summed E-state index contributed by atoms with van der Waals surface area (Å²) >= 11 is 3.41. The van der Waals surface area contributed by atoms with Gasteiger partial charge in [0.05, 0.1) is 15.1 Å². The smallest absolute Gasteiger partial charge is 0.271 e. The summed E-state index contributed by atoms with van der Waals surface area (Å²) in [6.45, 7) is 3.85. The highest BCUT2D eigenvalue weighted by molar-refractivity contribution is 9.10. The molecule has 2 rings (SSSR count). The first-order chi connectivity index (χ1) is 12.3. The molecular weight excluding hydrogens is 407 g/mol. The van der Waals surface area contributed by atoms with Gasteiger partial charge in [-0.25, -0.2) is 4.39 Å². The van der Waals surface area contributed by atoms with E-state index in [1.165, 1.54) is 0 Å². The zero-order valence-electron chi connectivity index (χ0n) is 14.3. The molecule has 0 saturated heterocycles. The molecule has 6 nitrogen and oxygen atoms in total. The number of ether oxygens (including phenoxy) is 1. The van der Waals surface area contributed by atoms with Crippen LogP contribution in [0.1, 0.15) is 31.7 Å². The third kappa shape index (κ3) is 5.01. The Labute approximate surface area is 158 Å². The van der Waals surface area contributed by atoms with Gasteiger partial charge in [-0.15, -0.1) is 0 Å². The van der Waals surface area contributed by atoms with Crippen molar-refractivity contribution < 1.29 is 18.8 Å². The Balaban J connectivity index is 2.01. The molecule has 1 unspecified atom stereocenters. The van der Waals surface area contributed by atoms with Crippen LogP contribution in [0.15, 0.2) is 40.9 Å². The number of nitro groups is 1. The van der Waals surface area contributed by atoms with Crippen molar-refractivity contribution in [2.75, 3.05) is 11.9 Å². The number of amides is 1. The molecule has 0 radical (unpaired) electrons. The molecule has 2 aromatic rings. The van der Waals surface area contributed by atoms with Crippen LogP contribution in [-0.4, -0.2) is 17.4 Å². The van der Waals surface area contributed by atoms with Crippen LogP contribution in [-0.2, 0) is 4.79 Å². The Hall–Kier alpha value is -2.48. The number of carbonyl (C=O) groups excluding carboxylic acids is 1. The van der Waals surface area contributed by atoms with E-state index in [0.717, 1.165) is 30.2 Å². The predicted octanol–water partition coefficient (Wildman–Crippen LogP) is 5.03. The molecule has 0 saturated carbocycles. The van der Waals surface area contributed by atoms with Crippen LogP contribution in [0.2, 0.25) is 0 Å². The minimum Gasteiger partial charge on any atom is -0.483 e. The van der Waals surface area contributed by atoms with E-state index in [-0.39, 0.29) is 18.0 Å². The molecule has 0 aliphatic heterocycles. The van der Waals surface area contributed by atoms with E-state index in [4.69, 9.17) is 4.74 Å². The van der Waals surface area contributed by atoms with Gasteiger partial charge < -0.3 is 10.1 Å². The summed E-state index contributed by atoms with van der Waals surface area (Å²) in [7, 11) is 0. The van der Waals surface area contributed by atoms with Crippen LogP contribution in [0, 0.1) is 15.9 Å². The molecule has 0 heterocycles. The van der Waals surface area contributed by atoms with Gasteiger partial charge in [-0.05, 0) is 52.0 Å². The molecule has 8 heteroatoms. The van der Waals surface area contributed by atoms with Crippen LogP contribution in [0.4, 0.5) is 15.8 Å². The highest BCUT2D eigenvalue weighted by Gasteiger charge is 2.14. The predicted molar refractivity (Wildman–Crippen MR) is 100 cm³/mol. The number of nitro benzene ring substituents is 1. The van der Waals surface area contributed by atoms with Crippen LogP contribution < -0.4 is 10.1 Å². The Morgan fingerprint density at radius 3 is 2.69 bits per heavy atom. The summed E-state index contributed by atoms with van der Waals surface area (Å²) < 4.78 is 19.8. The maximum absolute atomic E-state index is 13.7. The second-order valence-electron chi connectivity index (χ2n) is 5.76. The van der Waals surface area contributed by atoms with Gasteiger partial charge >= 0.3 is 0 Å². The molecule has 0 aliphatic carbocycles. The van der Waals surface area contributed by atoms with Gasteiger partial charge in [0, 0.05) is 12.1 Å². The van der Waals surface area contributed by atoms with Crippen LogP contribution in [0.3, 0.4) is 0 Å². The minimum atomic E-state index is -0.761. The van der Waals surface area contributed by atoms with Crippen molar-refractivity contribution in [3.8, 4) is 5.75 Å². The SMILES string of the molecule is CCC(C)c1ccc(OCC(=O)Nc2cc([N+](=O)[O-])ccc2F)c(Br)c1. The first-order valence-electron chi connectivity index (χ1n) is 7.97. The summed E-state index contributed by atoms with van der Waals surface area (Å²) in [5, 5.41) is 13.0. The Morgan fingerprint density at radius 1 is 1.35 bits per heavy atom. The number of hydrogen-bond donors (Lipinski definition) is 1. The average Bonchev–Trinajstić information content (AvgIpc) is 2.61. The first kappa shape index (κ1) is 19.8. The molecular formula is C18H18BrFN2O4. The van der Waals surface area contributed by atoms with Gasteiger partial charge in [0.2, 0.25) is 0 Å². The quantitative estimate of drug-likeness (QED) is 0.499. The van der Waals surface area contributed by atoms with Crippen molar-refractivity contribution in [1.29, 1.82) is 0 Å². The number of nitrogens with one attached hydrogen (secondary N) is 1. The van der Waals surface area contributed by atoms with Crippen LogP contribution in [0.25, 0.3) is 0 Å². The molecule has 1 atom stereocenters. The lowest BCUT2D eigenvalue weighted by molar-refractivity contribution is -0.384. The van der Waals surface area contributed by atoms with Crippen molar-refractivity contribution >= 4 is 33.2 Å². The van der Waals surface area contributed by atoms with Gasteiger partial charge in [0.25, 0.3) is 11.6 Å². The largest absolute Gasteiger partial charge is 0.483 e. The fourth-order valence-electron chi connectivity index (χ4n) is 2.23. The monoisotopic (exact) mass is 424 g/mol. The summed E-state index contributed by atoms with van der Waals surface area (Å²) in [5.74, 6) is -0.502. The van der Waals surface area contributed by atoms with Gasteiger partial charge in [-0.2, -0.15) is 0 Å². The number of anilines is 1. The van der Waals surface area contributed by atoms with Gasteiger partial charge in [0.15, 0.2) is 6.61 Å². The van der Waals surface area contributed by atoms with Gasteiger partial charge in [0.1, 0.15) is 11.6 Å². The summed E-state index contributed by atoms with van der Waals surface area (Å²) in [6, 6.07) is 8.53. The number of benzene rings is 2. The number of halogens is 2. The lowest BCUT2D eigenvalue weighted by atomic mass is 9.99. The minimum absolute atomic E-state index is 0.265. The van der Waals surface area contributed by atoms with E-state index in [1.807, 2.05) is 12.1 Å². The van der Waals surface area contributed by atoms with Crippen molar-refractivity contribution in [3.63, 3.8) is 0 Å². The molecule has 1 amide bonds. The second kappa shape index (κ2) is 8.75. The van der Waals surface area contributed by atoms with Crippen molar-refractivity contribution in [3.05, 3.63) is 62.4 Å². The topological polar surface area (TPSA) is 81.5 Å². The normalized spacial score (nSPS) is 11.7. The molecule has 0 fully saturated rings. The molecule has 0 spiro atoms. The molecule has 0 bridgehead atoms. The van der Waals surface area contributed by atoms with Crippen LogP contribution in [0.5, 0.6) is 5.75 Å². The van der Waals surface area contributed by atoms with Crippen LogP contribution >= 0.6 is 15.9 Å². The zero-order valence-corrected chi connectivity index (χ0v) is 15.9. The maximum Gasteiger partial charge on any atom is 0.271 e. The van der Waals surface area contributed by atoms with E-state index in [9.17, 15) is 19.3 Å². The molecule has 26 heavy (non-hydrogen) atoms. The zero-order chi connectivity index (χ0) is 19.3. The molecule has 2 aromatic carbocycles. The maximum atomic E-state index is 13.7. The molecule has 1 N–H and O–H groups in total. The summed E-state index contributed by atoms with van der Waals surface area (Å²) in [4.78, 5) is 22.0. The molecule has 0 aromatic heterocycles. The third-order valence-electron chi connectivity index (χ3n) is 3.93. The number of non-ortho nitro benzene ring substituents is 1. The highest BCUT2D eigenvalue weighted by Crippen LogP contribution is 2.30. The lowest BCUT2D eigenvalue weighted by Gasteiger charge is -2.13. The fraction of sp³-hybridized carbons (Fsp3) is 0.278. The number of nitrogens with zero attached hydrogens (tertiary/aromatic N) is 1. The average molecular weight is 425 g/mol. The Morgan fingerprint density at radius 2 is 2.08 bits per heavy atom. The molecule has 0 aliphatic rings. The Kier molecular flexibility index (Phi) is 6.68. The summed E-state index contributed by atoms with van der Waals surface area (Å²) in [5.41, 5.74) is 0.569. The fourth-order valence-corrected chi connectivity index (χ4v) is 2.74. The van der Waals surface area contributed by atoms with E-state index in [1.54, 1.807) is 6.07 Å². The number of rotatable bonds is 7. The standard InChI is InChI=1S/C18H18BrFN2O4/c1-3-11(2)12-4-7-17(14(19)8-12)26-10-18(23)21-16-9-13(22(24)25)5-6-15(16)20/h4-9,11H,3,10H2,1-2H3,(H,21,23). The van der Waals surface area contributed by atoms with E-state index < -0.39 is 16.6 Å². The van der Waals surface area contributed by atoms with E-state index in [0.29, 0.717) is 16.1 Å².